The second kappa shape index (κ2) is 8.73. The Balaban J connectivity index is 2.63. The summed E-state index contributed by atoms with van der Waals surface area (Å²) in [5.74, 6) is 2.57. The summed E-state index contributed by atoms with van der Waals surface area (Å²) in [5, 5.41) is 0. The summed E-state index contributed by atoms with van der Waals surface area (Å²) < 4.78 is 10.3. The first-order chi connectivity index (χ1) is 12.9. The van der Waals surface area contributed by atoms with Crippen molar-refractivity contribution < 1.29 is 19.1 Å². The van der Waals surface area contributed by atoms with Crippen molar-refractivity contribution in [3.63, 3.8) is 0 Å². The van der Waals surface area contributed by atoms with Crippen molar-refractivity contribution in [2.24, 2.45) is 0 Å². The molecule has 2 heterocycles. The maximum atomic E-state index is 12.7. The van der Waals surface area contributed by atoms with Crippen molar-refractivity contribution in [3.05, 3.63) is 52.6 Å². The number of hydrogen-bond donors (Lipinski definition) is 0. The Bertz CT molecular complexity index is 831. The van der Waals surface area contributed by atoms with Crippen LogP contribution in [0.3, 0.4) is 0 Å². The molecule has 0 radical (unpaired) electrons. The molecule has 0 aliphatic carbocycles. The molecule has 138 valence electrons. The molecule has 0 saturated heterocycles. The molecular formula is C21H20N2O4. The van der Waals surface area contributed by atoms with E-state index in [1.54, 1.807) is 50.2 Å². The van der Waals surface area contributed by atoms with Crippen LogP contribution in [0.15, 0.2) is 46.9 Å². The number of aromatic nitrogens is 1. The molecule has 1 aliphatic heterocycles. The third kappa shape index (κ3) is 4.02. The number of hydrogen-bond acceptors (Lipinski definition) is 6. The van der Waals surface area contributed by atoms with E-state index in [0.717, 1.165) is 0 Å². The summed E-state index contributed by atoms with van der Waals surface area (Å²) in [6, 6.07) is 5.26. The lowest BCUT2D eigenvalue weighted by Gasteiger charge is -2.35. The summed E-state index contributed by atoms with van der Waals surface area (Å²) in [4.78, 5) is 31.6. The van der Waals surface area contributed by atoms with Crippen LogP contribution in [0.4, 0.5) is 0 Å². The maximum Gasteiger partial charge on any atom is 0.337 e. The Morgan fingerprint density at radius 2 is 1.59 bits per heavy atom. The molecule has 0 spiro atoms. The van der Waals surface area contributed by atoms with Crippen molar-refractivity contribution in [1.82, 2.24) is 9.88 Å². The molecule has 0 fully saturated rings. The minimum Gasteiger partial charge on any atom is -0.449 e. The van der Waals surface area contributed by atoms with Gasteiger partial charge >= 0.3 is 11.9 Å². The molecule has 6 nitrogen and oxygen atoms in total. The van der Waals surface area contributed by atoms with Gasteiger partial charge in [-0.15, -0.1) is 12.8 Å². The lowest BCUT2D eigenvalue weighted by Crippen LogP contribution is -2.34. The average Bonchev–Trinajstić information content (AvgIpc) is 2.68. The molecule has 27 heavy (non-hydrogen) atoms. The zero-order valence-electron chi connectivity index (χ0n) is 15.5. The summed E-state index contributed by atoms with van der Waals surface area (Å²) in [6.45, 7) is 3.20. The van der Waals surface area contributed by atoms with Crippen molar-refractivity contribution in [2.75, 3.05) is 20.3 Å². The molecule has 0 aromatic carbocycles. The van der Waals surface area contributed by atoms with E-state index in [1.807, 2.05) is 0 Å². The van der Waals surface area contributed by atoms with Gasteiger partial charge in [0.1, 0.15) is 0 Å². The minimum atomic E-state index is -0.752. The van der Waals surface area contributed by atoms with Crippen molar-refractivity contribution in [1.29, 1.82) is 0 Å². The highest BCUT2D eigenvalue weighted by Gasteiger charge is 2.40. The zero-order chi connectivity index (χ0) is 20.0. The highest BCUT2D eigenvalue weighted by molar-refractivity contribution is 5.99. The Labute approximate surface area is 158 Å². The monoisotopic (exact) mass is 364 g/mol. The molecule has 0 N–H and O–H groups in total. The fraction of sp³-hybridized carbons (Fsp3) is 0.286. The molecule has 0 amide bonds. The molecular weight excluding hydrogens is 344 g/mol. The highest BCUT2D eigenvalue weighted by atomic mass is 16.5. The first-order valence-electron chi connectivity index (χ1n) is 8.21. The molecule has 1 aliphatic rings. The van der Waals surface area contributed by atoms with Gasteiger partial charge < -0.3 is 14.4 Å². The van der Waals surface area contributed by atoms with Crippen LogP contribution in [-0.2, 0) is 19.1 Å². The fourth-order valence-corrected chi connectivity index (χ4v) is 2.92. The van der Waals surface area contributed by atoms with Crippen LogP contribution in [0.1, 0.15) is 25.5 Å². The first-order valence-corrected chi connectivity index (χ1v) is 8.21. The van der Waals surface area contributed by atoms with Crippen LogP contribution in [0, 0.1) is 24.7 Å². The van der Waals surface area contributed by atoms with Gasteiger partial charge in [-0.05, 0) is 26.0 Å². The van der Waals surface area contributed by atoms with Crippen LogP contribution in [-0.4, -0.2) is 42.1 Å². The number of ether oxygens (including phenoxy) is 2. The smallest absolute Gasteiger partial charge is 0.337 e. The normalized spacial score (nSPS) is 14.5. The number of nitrogens with zero attached hydrogens (tertiary/aromatic N) is 2. The van der Waals surface area contributed by atoms with Gasteiger partial charge in [0.25, 0.3) is 0 Å². The average molecular weight is 364 g/mol. The van der Waals surface area contributed by atoms with E-state index in [4.69, 9.17) is 22.3 Å². The number of carbonyl (C=O) groups excluding carboxylic acids is 2. The third-order valence-corrected chi connectivity index (χ3v) is 4.36. The summed E-state index contributed by atoms with van der Waals surface area (Å²) >= 11 is 0. The Morgan fingerprint density at radius 1 is 1.07 bits per heavy atom. The predicted octanol–water partition coefficient (Wildman–Crippen LogP) is 2.01. The first kappa shape index (κ1) is 19.8. The lowest BCUT2D eigenvalue weighted by atomic mass is 9.82. The maximum absolute atomic E-state index is 12.7. The van der Waals surface area contributed by atoms with Crippen LogP contribution >= 0.6 is 0 Å². The van der Waals surface area contributed by atoms with E-state index in [1.165, 1.54) is 0 Å². The number of allylic oxidation sites excluding steroid dienone is 2. The Kier molecular flexibility index (Phi) is 6.41. The van der Waals surface area contributed by atoms with Gasteiger partial charge in [0, 0.05) is 24.6 Å². The molecule has 1 aromatic heterocycles. The van der Waals surface area contributed by atoms with Gasteiger partial charge in [-0.2, -0.15) is 0 Å². The Hall–Kier alpha value is -3.51. The van der Waals surface area contributed by atoms with Crippen molar-refractivity contribution in [2.45, 2.75) is 19.8 Å². The van der Waals surface area contributed by atoms with E-state index >= 15 is 0 Å². The summed E-state index contributed by atoms with van der Waals surface area (Å²) in [5.41, 5.74) is 2.36. The minimum absolute atomic E-state index is 0.173. The SMILES string of the molecule is C#CCOC(=O)C1=C(C)N(C)C(C)=C(C(=O)OCC#C)C1c1ccccn1. The van der Waals surface area contributed by atoms with E-state index < -0.39 is 17.9 Å². The molecule has 1 aromatic rings. The van der Waals surface area contributed by atoms with Gasteiger partial charge in [0.05, 0.1) is 22.8 Å². The van der Waals surface area contributed by atoms with E-state index in [-0.39, 0.29) is 24.4 Å². The number of pyridine rings is 1. The van der Waals surface area contributed by atoms with Crippen LogP contribution in [0.5, 0.6) is 0 Å². The quantitative estimate of drug-likeness (QED) is 0.588. The van der Waals surface area contributed by atoms with Crippen LogP contribution < -0.4 is 0 Å². The van der Waals surface area contributed by atoms with Gasteiger partial charge in [0.15, 0.2) is 13.2 Å². The number of esters is 2. The largest absolute Gasteiger partial charge is 0.449 e. The van der Waals surface area contributed by atoms with E-state index in [2.05, 4.69) is 16.8 Å². The molecule has 0 saturated carbocycles. The second-order valence-corrected chi connectivity index (χ2v) is 5.81. The number of rotatable bonds is 5. The van der Waals surface area contributed by atoms with E-state index in [9.17, 15) is 9.59 Å². The molecule has 6 heteroatoms. The van der Waals surface area contributed by atoms with Crippen LogP contribution in [0.25, 0.3) is 0 Å². The summed E-state index contributed by atoms with van der Waals surface area (Å²) in [7, 11) is 1.75. The van der Waals surface area contributed by atoms with Gasteiger partial charge in [-0.25, -0.2) is 9.59 Å². The molecule has 0 atom stereocenters. The van der Waals surface area contributed by atoms with Crippen LogP contribution in [0.2, 0.25) is 0 Å². The second-order valence-electron chi connectivity index (χ2n) is 5.81. The highest BCUT2D eigenvalue weighted by Crippen LogP contribution is 2.41. The number of carbonyl (C=O) groups is 2. The van der Waals surface area contributed by atoms with E-state index in [0.29, 0.717) is 17.1 Å². The standard InChI is InChI=1S/C21H20N2O4/c1-6-12-26-20(24)17-14(3)23(5)15(4)18(21(25)27-13-7-2)19(17)16-10-8-9-11-22-16/h1-2,8-11,19H,12-13H2,3-5H3. The molecule has 2 rings (SSSR count). The lowest BCUT2D eigenvalue weighted by molar-refractivity contribution is -0.138. The van der Waals surface area contributed by atoms with Crippen molar-refractivity contribution in [3.8, 4) is 24.7 Å². The van der Waals surface area contributed by atoms with Gasteiger partial charge in [0.2, 0.25) is 0 Å². The Morgan fingerprint density at radius 3 is 2.00 bits per heavy atom. The zero-order valence-corrected chi connectivity index (χ0v) is 15.5. The summed E-state index contributed by atoms with van der Waals surface area (Å²) in [6.07, 6.45) is 12.0. The predicted molar refractivity (Wildman–Crippen MR) is 99.7 cm³/mol. The van der Waals surface area contributed by atoms with Gasteiger partial charge in [-0.1, -0.05) is 17.9 Å². The van der Waals surface area contributed by atoms with Gasteiger partial charge in [-0.3, -0.25) is 4.98 Å². The number of terminal acetylenes is 2. The molecule has 0 bridgehead atoms. The fourth-order valence-electron chi connectivity index (χ4n) is 2.92. The topological polar surface area (TPSA) is 68.7 Å². The van der Waals surface area contributed by atoms with Crippen molar-refractivity contribution >= 4 is 11.9 Å². The molecule has 0 unspecified atom stereocenters. The third-order valence-electron chi connectivity index (χ3n) is 4.36.